The van der Waals surface area contributed by atoms with Crippen LogP contribution in [0, 0.1) is 0 Å². The Bertz CT molecular complexity index is 1240. The molecule has 0 saturated carbocycles. The van der Waals surface area contributed by atoms with Gasteiger partial charge in [0.1, 0.15) is 0 Å². The maximum absolute atomic E-state index is 13.3. The molecule has 32 heavy (non-hydrogen) atoms. The summed E-state index contributed by atoms with van der Waals surface area (Å²) in [6.45, 7) is 3.21. The number of amides is 1. The molecule has 2 atom stereocenters. The normalized spacial score (nSPS) is 20.1. The fraction of sp³-hybridized carbons (Fsp3) is 0.375. The Balaban J connectivity index is 1.45. The van der Waals surface area contributed by atoms with Crippen molar-refractivity contribution in [2.75, 3.05) is 17.3 Å². The summed E-state index contributed by atoms with van der Waals surface area (Å²) in [5, 5.41) is 1.56. The van der Waals surface area contributed by atoms with E-state index in [9.17, 15) is 9.59 Å². The zero-order valence-electron chi connectivity index (χ0n) is 17.8. The lowest BCUT2D eigenvalue weighted by Crippen LogP contribution is -2.37. The van der Waals surface area contributed by atoms with Gasteiger partial charge in [-0.15, -0.1) is 0 Å². The average molecular weight is 470 g/mol. The van der Waals surface area contributed by atoms with Crippen LogP contribution in [0.5, 0.6) is 0 Å². The number of carbonyl (C=O) groups excluding carboxylic acids is 1. The van der Waals surface area contributed by atoms with Crippen molar-refractivity contribution in [3.63, 3.8) is 0 Å². The van der Waals surface area contributed by atoms with Crippen LogP contribution in [0.25, 0.3) is 10.9 Å². The summed E-state index contributed by atoms with van der Waals surface area (Å²) in [6.07, 6.45) is 2.74. The van der Waals surface area contributed by atoms with Crippen LogP contribution in [0.15, 0.2) is 52.4 Å². The summed E-state index contributed by atoms with van der Waals surface area (Å²) in [6, 6.07) is 13.2. The van der Waals surface area contributed by atoms with Gasteiger partial charge in [0.05, 0.1) is 29.3 Å². The molecule has 2 aromatic carbocycles. The van der Waals surface area contributed by atoms with Gasteiger partial charge in [0.2, 0.25) is 5.91 Å². The van der Waals surface area contributed by atoms with Crippen LogP contribution in [-0.2, 0) is 22.5 Å². The topological polar surface area (TPSA) is 64.4 Å². The number of halogens is 1. The van der Waals surface area contributed by atoms with Crippen molar-refractivity contribution in [2.45, 2.75) is 50.0 Å². The fourth-order valence-corrected chi connectivity index (χ4v) is 5.61. The second-order valence-corrected chi connectivity index (χ2v) is 9.72. The quantitative estimate of drug-likeness (QED) is 0.412. The molecule has 2 aliphatic rings. The van der Waals surface area contributed by atoms with E-state index in [0.717, 1.165) is 24.9 Å². The molecule has 0 bridgehead atoms. The highest BCUT2D eigenvalue weighted by molar-refractivity contribution is 7.99. The van der Waals surface area contributed by atoms with Crippen molar-refractivity contribution in [3.8, 4) is 0 Å². The van der Waals surface area contributed by atoms with E-state index in [1.807, 2.05) is 23.1 Å². The van der Waals surface area contributed by atoms with Gasteiger partial charge < -0.3 is 9.64 Å². The molecule has 1 fully saturated rings. The number of ether oxygens (including phenoxy) is 1. The Morgan fingerprint density at radius 1 is 1.28 bits per heavy atom. The van der Waals surface area contributed by atoms with Gasteiger partial charge >= 0.3 is 0 Å². The van der Waals surface area contributed by atoms with Crippen LogP contribution in [0.2, 0.25) is 5.02 Å². The Hall–Kier alpha value is -2.35. The SMILES string of the molecule is C[C@H]1Cc2ccccc2N1C(=O)CSc1nc2cc(Cl)ccc2c(=O)n1C[C@@H]1CCCO1. The van der Waals surface area contributed by atoms with Crippen molar-refractivity contribution in [1.29, 1.82) is 0 Å². The highest BCUT2D eigenvalue weighted by Gasteiger charge is 2.31. The van der Waals surface area contributed by atoms with Gasteiger partial charge in [0.15, 0.2) is 5.16 Å². The van der Waals surface area contributed by atoms with E-state index in [4.69, 9.17) is 21.3 Å². The molecule has 8 heteroatoms. The molecule has 1 saturated heterocycles. The number of nitrogens with zero attached hydrogens (tertiary/aromatic N) is 3. The number of carbonyl (C=O) groups is 1. The fourth-order valence-electron chi connectivity index (χ4n) is 4.58. The van der Waals surface area contributed by atoms with Gasteiger partial charge in [-0.25, -0.2) is 4.98 Å². The van der Waals surface area contributed by atoms with E-state index in [0.29, 0.717) is 34.2 Å². The van der Waals surface area contributed by atoms with Crippen molar-refractivity contribution >= 4 is 45.9 Å². The molecular weight excluding hydrogens is 446 g/mol. The number of aromatic nitrogens is 2. The molecule has 0 radical (unpaired) electrons. The first-order valence-electron chi connectivity index (χ1n) is 10.9. The molecule has 1 aromatic heterocycles. The number of rotatable bonds is 5. The molecule has 166 valence electrons. The predicted octanol–water partition coefficient (Wildman–Crippen LogP) is 4.30. The standard InChI is InChI=1S/C24H24ClN3O3S/c1-15-11-16-5-2-3-7-21(16)28(15)22(29)14-32-24-26-20-12-17(25)8-9-19(20)23(30)27(24)13-18-6-4-10-31-18/h2-3,5,7-9,12,15,18H,4,6,10-11,13-14H2,1H3/t15-,18-/m0/s1. The molecule has 0 N–H and O–H groups in total. The average Bonchev–Trinajstić information content (AvgIpc) is 3.40. The number of anilines is 1. The molecule has 3 heterocycles. The van der Waals surface area contributed by atoms with Crippen LogP contribution in [0.3, 0.4) is 0 Å². The van der Waals surface area contributed by atoms with Gasteiger partial charge in [-0.2, -0.15) is 0 Å². The van der Waals surface area contributed by atoms with E-state index in [1.165, 1.54) is 17.3 Å². The first-order valence-corrected chi connectivity index (χ1v) is 12.2. The van der Waals surface area contributed by atoms with Gasteiger partial charge in [0, 0.05) is 23.4 Å². The summed E-state index contributed by atoms with van der Waals surface area (Å²) in [7, 11) is 0. The van der Waals surface area contributed by atoms with E-state index in [-0.39, 0.29) is 29.4 Å². The van der Waals surface area contributed by atoms with E-state index >= 15 is 0 Å². The molecule has 0 aliphatic carbocycles. The minimum atomic E-state index is -0.128. The number of hydrogen-bond donors (Lipinski definition) is 0. The van der Waals surface area contributed by atoms with Gasteiger partial charge in [0.25, 0.3) is 5.56 Å². The first kappa shape index (κ1) is 21.5. The molecular formula is C24H24ClN3O3S. The Labute approximate surface area is 195 Å². The van der Waals surface area contributed by atoms with Crippen molar-refractivity contribution in [3.05, 3.63) is 63.4 Å². The van der Waals surface area contributed by atoms with Crippen LogP contribution in [-0.4, -0.2) is 40.0 Å². The smallest absolute Gasteiger partial charge is 0.262 e. The monoisotopic (exact) mass is 469 g/mol. The molecule has 5 rings (SSSR count). The number of hydrogen-bond acceptors (Lipinski definition) is 5. The largest absolute Gasteiger partial charge is 0.376 e. The lowest BCUT2D eigenvalue weighted by Gasteiger charge is -2.23. The van der Waals surface area contributed by atoms with E-state index in [2.05, 4.69) is 13.0 Å². The third kappa shape index (κ3) is 4.05. The predicted molar refractivity (Wildman–Crippen MR) is 128 cm³/mol. The number of fused-ring (bicyclic) bond motifs is 2. The number of thioether (sulfide) groups is 1. The third-order valence-corrected chi connectivity index (χ3v) is 7.29. The number of benzene rings is 2. The summed E-state index contributed by atoms with van der Waals surface area (Å²) in [5.74, 6) is 0.208. The molecule has 6 nitrogen and oxygen atoms in total. The van der Waals surface area contributed by atoms with Crippen LogP contribution in [0.4, 0.5) is 5.69 Å². The third-order valence-electron chi connectivity index (χ3n) is 6.09. The van der Waals surface area contributed by atoms with Gasteiger partial charge in [-0.1, -0.05) is 41.6 Å². The summed E-state index contributed by atoms with van der Waals surface area (Å²) < 4.78 is 7.42. The lowest BCUT2D eigenvalue weighted by molar-refractivity contribution is -0.116. The Morgan fingerprint density at radius 3 is 2.94 bits per heavy atom. The molecule has 0 unspecified atom stereocenters. The molecule has 3 aromatic rings. The highest BCUT2D eigenvalue weighted by atomic mass is 35.5. The zero-order valence-corrected chi connectivity index (χ0v) is 19.4. The van der Waals surface area contributed by atoms with Crippen molar-refractivity contribution in [2.24, 2.45) is 0 Å². The van der Waals surface area contributed by atoms with Gasteiger partial charge in [-0.3, -0.25) is 14.2 Å². The summed E-state index contributed by atoms with van der Waals surface area (Å²) in [5.41, 5.74) is 2.57. The molecule has 1 amide bonds. The van der Waals surface area contributed by atoms with Crippen LogP contribution < -0.4 is 10.5 Å². The second kappa shape index (κ2) is 8.89. The second-order valence-electron chi connectivity index (χ2n) is 8.34. The van der Waals surface area contributed by atoms with E-state index < -0.39 is 0 Å². The maximum atomic E-state index is 13.3. The van der Waals surface area contributed by atoms with Crippen molar-refractivity contribution in [1.82, 2.24) is 9.55 Å². The summed E-state index contributed by atoms with van der Waals surface area (Å²) >= 11 is 7.44. The van der Waals surface area contributed by atoms with E-state index in [1.54, 1.807) is 22.8 Å². The minimum Gasteiger partial charge on any atom is -0.376 e. The number of para-hydroxylation sites is 1. The van der Waals surface area contributed by atoms with Crippen molar-refractivity contribution < 1.29 is 9.53 Å². The zero-order chi connectivity index (χ0) is 22.2. The molecule has 0 spiro atoms. The first-order chi connectivity index (χ1) is 15.5. The Kier molecular flexibility index (Phi) is 5.97. The lowest BCUT2D eigenvalue weighted by atomic mass is 10.1. The minimum absolute atomic E-state index is 0.0107. The molecule has 2 aliphatic heterocycles. The van der Waals surface area contributed by atoms with Crippen LogP contribution in [0.1, 0.15) is 25.3 Å². The highest BCUT2D eigenvalue weighted by Crippen LogP contribution is 2.33. The van der Waals surface area contributed by atoms with Gasteiger partial charge in [-0.05, 0) is 56.0 Å². The van der Waals surface area contributed by atoms with Crippen LogP contribution >= 0.6 is 23.4 Å². The summed E-state index contributed by atoms with van der Waals surface area (Å²) in [4.78, 5) is 33.1. The Morgan fingerprint density at radius 2 is 2.12 bits per heavy atom. The maximum Gasteiger partial charge on any atom is 0.262 e.